The van der Waals surface area contributed by atoms with Crippen LogP contribution < -0.4 is 10.6 Å². The molecule has 0 aliphatic carbocycles. The molecule has 1 saturated heterocycles. The number of aromatic nitrogens is 3. The predicted octanol–water partition coefficient (Wildman–Crippen LogP) is 3.33. The van der Waals surface area contributed by atoms with Crippen LogP contribution in [-0.2, 0) is 17.8 Å². The van der Waals surface area contributed by atoms with E-state index in [1.807, 2.05) is 29.1 Å². The molecule has 2 atom stereocenters. The van der Waals surface area contributed by atoms with Crippen molar-refractivity contribution >= 4 is 36.5 Å². The number of hydrogen-bond donors (Lipinski definition) is 2. The summed E-state index contributed by atoms with van der Waals surface area (Å²) in [4.78, 5) is 16.3. The number of carbonyl (C=O) groups excluding carboxylic acids is 1. The van der Waals surface area contributed by atoms with Gasteiger partial charge in [-0.3, -0.25) is 14.5 Å². The van der Waals surface area contributed by atoms with Gasteiger partial charge in [0.05, 0.1) is 0 Å². The van der Waals surface area contributed by atoms with Gasteiger partial charge in [0, 0.05) is 37.6 Å². The van der Waals surface area contributed by atoms with E-state index in [1.54, 1.807) is 12.4 Å². The number of pyridine rings is 1. The van der Waals surface area contributed by atoms with Crippen molar-refractivity contribution in [2.45, 2.75) is 39.2 Å². The van der Waals surface area contributed by atoms with Gasteiger partial charge in [-0.2, -0.15) is 5.10 Å². The fourth-order valence-electron chi connectivity index (χ4n) is 3.36. The van der Waals surface area contributed by atoms with Crippen molar-refractivity contribution < 1.29 is 4.79 Å². The minimum atomic E-state index is 0. The van der Waals surface area contributed by atoms with Gasteiger partial charge in [0.15, 0.2) is 5.82 Å². The first kappa shape index (κ1) is 23.4. The van der Waals surface area contributed by atoms with Crippen LogP contribution in [0.3, 0.4) is 0 Å². The molecule has 0 aromatic carbocycles. The van der Waals surface area contributed by atoms with Crippen molar-refractivity contribution in [1.29, 1.82) is 0 Å². The lowest BCUT2D eigenvalue weighted by Crippen LogP contribution is -2.34. The molecule has 3 rings (SSSR count). The molecule has 1 aliphatic heterocycles. The number of nitrogens with zero attached hydrogens (tertiary/aromatic N) is 3. The van der Waals surface area contributed by atoms with E-state index in [9.17, 15) is 4.79 Å². The Bertz CT molecular complexity index is 674. The van der Waals surface area contributed by atoms with Gasteiger partial charge in [-0.05, 0) is 61.9 Å². The Hall–Kier alpha value is -1.63. The van der Waals surface area contributed by atoms with Crippen LogP contribution in [0.15, 0.2) is 36.8 Å². The summed E-state index contributed by atoms with van der Waals surface area (Å²) in [6.45, 7) is 5.08. The van der Waals surface area contributed by atoms with Crippen LogP contribution in [0.5, 0.6) is 0 Å². The summed E-state index contributed by atoms with van der Waals surface area (Å²) in [5, 5.41) is 10.8. The average Bonchev–Trinajstić information content (AvgIpc) is 3.08. The summed E-state index contributed by atoms with van der Waals surface area (Å²) in [6, 6.07) is 5.87. The Kier molecular flexibility index (Phi) is 10.4. The van der Waals surface area contributed by atoms with E-state index in [0.717, 1.165) is 26.1 Å². The Morgan fingerprint density at radius 2 is 2.11 bits per heavy atom. The number of nitrogens with one attached hydrogen (secondary N) is 2. The molecule has 1 amide bonds. The zero-order valence-corrected chi connectivity index (χ0v) is 17.3. The molecule has 2 aromatic heterocycles. The van der Waals surface area contributed by atoms with Crippen LogP contribution in [0.1, 0.15) is 31.7 Å². The first-order valence-electron chi connectivity index (χ1n) is 9.13. The molecule has 0 radical (unpaired) electrons. The second-order valence-electron chi connectivity index (χ2n) is 6.91. The van der Waals surface area contributed by atoms with Crippen LogP contribution in [0.4, 0.5) is 5.82 Å². The maximum Gasteiger partial charge on any atom is 0.225 e. The average molecular weight is 414 g/mol. The summed E-state index contributed by atoms with van der Waals surface area (Å²) in [7, 11) is 0. The maximum atomic E-state index is 12.3. The molecule has 0 saturated carbocycles. The number of amides is 1. The van der Waals surface area contributed by atoms with E-state index in [0.29, 0.717) is 24.1 Å². The number of carbonyl (C=O) groups is 1. The summed E-state index contributed by atoms with van der Waals surface area (Å²) >= 11 is 0. The number of halogens is 2. The Morgan fingerprint density at radius 1 is 1.33 bits per heavy atom. The normalized spacial score (nSPS) is 17.3. The fraction of sp³-hybridized carbons (Fsp3) is 0.526. The van der Waals surface area contributed by atoms with Gasteiger partial charge in [-0.15, -0.1) is 24.8 Å². The molecule has 0 bridgehead atoms. The Morgan fingerprint density at radius 3 is 2.81 bits per heavy atom. The Balaban J connectivity index is 0.00000182. The van der Waals surface area contributed by atoms with Crippen LogP contribution in [0.25, 0.3) is 0 Å². The maximum absolute atomic E-state index is 12.3. The molecule has 0 spiro atoms. The number of rotatable bonds is 7. The lowest BCUT2D eigenvalue weighted by molar-refractivity contribution is -0.117. The van der Waals surface area contributed by atoms with E-state index in [-0.39, 0.29) is 30.7 Å². The van der Waals surface area contributed by atoms with Gasteiger partial charge in [0.2, 0.25) is 5.91 Å². The standard InChI is InChI=1S/C19H27N5O.2ClH/c1-15(17-3-2-8-21-14-17)13-19(25)22-18-7-12-24(23-18)11-6-16-4-9-20-10-5-16;;/h4-5,7,9-10,12,15,17,21H,2-3,6,8,11,13-14H2,1H3,(H,22,23,25);2*1H. The topological polar surface area (TPSA) is 71.8 Å². The highest BCUT2D eigenvalue weighted by Crippen LogP contribution is 2.22. The highest BCUT2D eigenvalue weighted by Gasteiger charge is 2.22. The molecule has 1 aliphatic rings. The van der Waals surface area contributed by atoms with Crippen molar-refractivity contribution in [3.05, 3.63) is 42.4 Å². The van der Waals surface area contributed by atoms with Crippen molar-refractivity contribution in [3.63, 3.8) is 0 Å². The molecule has 2 aromatic rings. The number of aryl methyl sites for hydroxylation is 2. The van der Waals surface area contributed by atoms with Gasteiger partial charge in [0.1, 0.15) is 0 Å². The van der Waals surface area contributed by atoms with E-state index in [4.69, 9.17) is 0 Å². The second-order valence-corrected chi connectivity index (χ2v) is 6.91. The number of hydrogen-bond acceptors (Lipinski definition) is 4. The predicted molar refractivity (Wildman–Crippen MR) is 113 cm³/mol. The minimum absolute atomic E-state index is 0. The van der Waals surface area contributed by atoms with Crippen LogP contribution in [0.2, 0.25) is 0 Å². The lowest BCUT2D eigenvalue weighted by Gasteiger charge is -2.27. The summed E-state index contributed by atoms with van der Waals surface area (Å²) in [6.07, 6.45) is 9.37. The Labute approximate surface area is 173 Å². The second kappa shape index (κ2) is 12.0. The summed E-state index contributed by atoms with van der Waals surface area (Å²) in [5.41, 5.74) is 1.23. The number of anilines is 1. The smallest absolute Gasteiger partial charge is 0.225 e. The van der Waals surface area contributed by atoms with Gasteiger partial charge in [-0.1, -0.05) is 6.92 Å². The summed E-state index contributed by atoms with van der Waals surface area (Å²) in [5.74, 6) is 1.67. The molecule has 3 heterocycles. The van der Waals surface area contributed by atoms with E-state index < -0.39 is 0 Å². The van der Waals surface area contributed by atoms with Gasteiger partial charge >= 0.3 is 0 Å². The zero-order valence-electron chi connectivity index (χ0n) is 15.6. The highest BCUT2D eigenvalue weighted by molar-refractivity contribution is 5.89. The van der Waals surface area contributed by atoms with Crippen LogP contribution >= 0.6 is 24.8 Å². The lowest BCUT2D eigenvalue weighted by atomic mass is 9.85. The molecule has 2 N–H and O–H groups in total. The largest absolute Gasteiger partial charge is 0.316 e. The van der Waals surface area contributed by atoms with Gasteiger partial charge in [-0.25, -0.2) is 0 Å². The van der Waals surface area contributed by atoms with Crippen molar-refractivity contribution in [2.75, 3.05) is 18.4 Å². The van der Waals surface area contributed by atoms with Gasteiger partial charge in [0.25, 0.3) is 0 Å². The summed E-state index contributed by atoms with van der Waals surface area (Å²) < 4.78 is 1.87. The van der Waals surface area contributed by atoms with Crippen molar-refractivity contribution in [2.24, 2.45) is 11.8 Å². The van der Waals surface area contributed by atoms with E-state index >= 15 is 0 Å². The van der Waals surface area contributed by atoms with E-state index in [1.165, 1.54) is 18.4 Å². The molecule has 6 nitrogen and oxygen atoms in total. The monoisotopic (exact) mass is 413 g/mol. The molecular formula is C19H29Cl2N5O. The van der Waals surface area contributed by atoms with Crippen LogP contribution in [0, 0.1) is 11.8 Å². The SMILES string of the molecule is CC(CC(=O)Nc1ccn(CCc2ccncc2)n1)C1CCCNC1.Cl.Cl. The fourth-order valence-corrected chi connectivity index (χ4v) is 3.36. The molecule has 1 fully saturated rings. The van der Waals surface area contributed by atoms with Crippen molar-refractivity contribution in [1.82, 2.24) is 20.1 Å². The molecule has 2 unspecified atom stereocenters. The molecule has 150 valence electrons. The van der Waals surface area contributed by atoms with Gasteiger partial charge < -0.3 is 10.6 Å². The first-order chi connectivity index (χ1) is 12.2. The third kappa shape index (κ3) is 7.48. The quantitative estimate of drug-likeness (QED) is 0.729. The van der Waals surface area contributed by atoms with E-state index in [2.05, 4.69) is 27.6 Å². The zero-order chi connectivity index (χ0) is 17.5. The third-order valence-electron chi connectivity index (χ3n) is 4.93. The minimum Gasteiger partial charge on any atom is -0.316 e. The molecule has 8 heteroatoms. The molecular weight excluding hydrogens is 385 g/mol. The molecule has 27 heavy (non-hydrogen) atoms. The third-order valence-corrected chi connectivity index (χ3v) is 4.93. The van der Waals surface area contributed by atoms with Crippen molar-refractivity contribution in [3.8, 4) is 0 Å². The first-order valence-corrected chi connectivity index (χ1v) is 9.13. The highest BCUT2D eigenvalue weighted by atomic mass is 35.5. The number of piperidine rings is 1. The van der Waals surface area contributed by atoms with Crippen LogP contribution in [-0.4, -0.2) is 33.8 Å².